The molecule has 3 heteroatoms. The molecule has 0 aliphatic carbocycles. The van der Waals surface area contributed by atoms with Crippen LogP contribution in [-0.2, 0) is 0 Å². The second kappa shape index (κ2) is 4.45. The number of methoxy groups -OCH3 is 1. The largest absolute Gasteiger partial charge is 0.496 e. The van der Waals surface area contributed by atoms with Crippen LogP contribution in [0, 0.1) is 6.92 Å². The lowest BCUT2D eigenvalue weighted by Crippen LogP contribution is -2.40. The highest BCUT2D eigenvalue weighted by molar-refractivity contribution is 8.01. The Morgan fingerprint density at radius 2 is 2.27 bits per heavy atom. The minimum atomic E-state index is 0.611. The van der Waals surface area contributed by atoms with Crippen LogP contribution in [0.3, 0.4) is 0 Å². The molecule has 1 aromatic rings. The summed E-state index contributed by atoms with van der Waals surface area (Å²) in [4.78, 5) is 0. The summed E-state index contributed by atoms with van der Waals surface area (Å²) < 4.78 is 5.26. The molecule has 0 amide bonds. The second-order valence-electron chi connectivity index (χ2n) is 3.88. The van der Waals surface area contributed by atoms with E-state index in [1.165, 1.54) is 16.9 Å². The molecule has 2 nitrogen and oxygen atoms in total. The molecule has 0 spiro atoms. The molecule has 0 radical (unpaired) electrons. The van der Waals surface area contributed by atoms with Gasteiger partial charge in [0.2, 0.25) is 0 Å². The number of aryl methyl sites for hydroxylation is 1. The number of thioether (sulfide) groups is 1. The van der Waals surface area contributed by atoms with Crippen LogP contribution >= 0.6 is 11.8 Å². The van der Waals surface area contributed by atoms with E-state index in [0.717, 1.165) is 5.75 Å². The van der Waals surface area contributed by atoms with E-state index in [2.05, 4.69) is 30.4 Å². The number of likely N-dealkylation sites (N-methyl/N-ethyl adjacent to an activating group) is 1. The third kappa shape index (κ3) is 1.99. The van der Waals surface area contributed by atoms with Gasteiger partial charge in [0, 0.05) is 17.0 Å². The van der Waals surface area contributed by atoms with Crippen LogP contribution in [-0.4, -0.2) is 26.0 Å². The Balaban J connectivity index is 2.19. The first-order valence-electron chi connectivity index (χ1n) is 5.19. The molecule has 1 aliphatic heterocycles. The number of ether oxygens (including phenoxy) is 1. The van der Waals surface area contributed by atoms with Crippen molar-refractivity contribution >= 4 is 11.8 Å². The summed E-state index contributed by atoms with van der Waals surface area (Å²) in [6, 6.07) is 7.10. The van der Waals surface area contributed by atoms with Crippen molar-refractivity contribution in [1.82, 2.24) is 5.32 Å². The van der Waals surface area contributed by atoms with Gasteiger partial charge >= 0.3 is 0 Å². The van der Waals surface area contributed by atoms with Crippen molar-refractivity contribution in [2.75, 3.05) is 19.9 Å². The average Bonchev–Trinajstić information content (AvgIpc) is 2.17. The molecule has 1 heterocycles. The maximum absolute atomic E-state index is 5.26. The molecular weight excluding hydrogens is 206 g/mol. The predicted octanol–water partition coefficient (Wildman–Crippen LogP) is 2.38. The van der Waals surface area contributed by atoms with Gasteiger partial charge in [-0.2, -0.15) is 11.8 Å². The first kappa shape index (κ1) is 10.8. The van der Waals surface area contributed by atoms with Crippen LogP contribution in [0.1, 0.15) is 16.4 Å². The highest BCUT2D eigenvalue weighted by atomic mass is 32.2. The van der Waals surface area contributed by atoms with Crippen LogP contribution in [0.25, 0.3) is 0 Å². The van der Waals surface area contributed by atoms with Crippen molar-refractivity contribution in [2.24, 2.45) is 0 Å². The molecule has 2 rings (SSSR count). The monoisotopic (exact) mass is 223 g/mol. The van der Waals surface area contributed by atoms with Gasteiger partial charge in [0.1, 0.15) is 5.75 Å². The molecule has 0 saturated carbocycles. The Morgan fingerprint density at radius 3 is 2.73 bits per heavy atom. The molecule has 1 N–H and O–H groups in total. The fourth-order valence-electron chi connectivity index (χ4n) is 1.93. The summed E-state index contributed by atoms with van der Waals surface area (Å²) in [7, 11) is 3.75. The van der Waals surface area contributed by atoms with Crippen molar-refractivity contribution in [1.29, 1.82) is 0 Å². The summed E-state index contributed by atoms with van der Waals surface area (Å²) in [5.41, 5.74) is 2.63. The van der Waals surface area contributed by atoms with Crippen LogP contribution in [0.2, 0.25) is 0 Å². The minimum absolute atomic E-state index is 0.611. The second-order valence-corrected chi connectivity index (χ2v) is 5.05. The van der Waals surface area contributed by atoms with Gasteiger partial charge in [-0.3, -0.25) is 0 Å². The van der Waals surface area contributed by atoms with Crippen LogP contribution in [0.4, 0.5) is 0 Å². The molecule has 2 atom stereocenters. The highest BCUT2D eigenvalue weighted by Crippen LogP contribution is 2.43. The maximum atomic E-state index is 5.26. The van der Waals surface area contributed by atoms with Crippen LogP contribution in [0.15, 0.2) is 18.2 Å². The van der Waals surface area contributed by atoms with E-state index in [1.54, 1.807) is 7.11 Å². The molecule has 1 aliphatic rings. The van der Waals surface area contributed by atoms with Gasteiger partial charge in [-0.05, 0) is 31.2 Å². The van der Waals surface area contributed by atoms with Gasteiger partial charge in [-0.15, -0.1) is 0 Å². The first-order valence-corrected chi connectivity index (χ1v) is 6.24. The zero-order valence-electron chi connectivity index (χ0n) is 9.41. The number of hydrogen-bond donors (Lipinski definition) is 1. The van der Waals surface area contributed by atoms with Gasteiger partial charge < -0.3 is 10.1 Å². The zero-order valence-corrected chi connectivity index (χ0v) is 10.2. The number of rotatable bonds is 3. The molecule has 0 bridgehead atoms. The van der Waals surface area contributed by atoms with Gasteiger partial charge in [0.05, 0.1) is 7.11 Å². The third-order valence-corrected chi connectivity index (χ3v) is 4.45. The van der Waals surface area contributed by atoms with E-state index < -0.39 is 0 Å². The van der Waals surface area contributed by atoms with Crippen molar-refractivity contribution in [3.05, 3.63) is 29.3 Å². The van der Waals surface area contributed by atoms with E-state index in [0.29, 0.717) is 11.3 Å². The standard InChI is InChI=1S/C12H17NOS/c1-8-6-9(4-5-11(8)14-3)12-10(13-2)7-15-12/h4-6,10,12-13H,7H2,1-3H3. The topological polar surface area (TPSA) is 21.3 Å². The maximum Gasteiger partial charge on any atom is 0.121 e. The smallest absolute Gasteiger partial charge is 0.121 e. The average molecular weight is 223 g/mol. The Hall–Kier alpha value is -0.670. The number of benzene rings is 1. The first-order chi connectivity index (χ1) is 7.26. The summed E-state index contributed by atoms with van der Waals surface area (Å²) in [5, 5.41) is 3.96. The quantitative estimate of drug-likeness (QED) is 0.850. The molecule has 1 saturated heterocycles. The summed E-state index contributed by atoms with van der Waals surface area (Å²) in [5.74, 6) is 2.19. The third-order valence-electron chi connectivity index (χ3n) is 2.94. The Labute approximate surface area is 95.4 Å². The van der Waals surface area contributed by atoms with Crippen molar-refractivity contribution < 1.29 is 4.74 Å². The SMILES string of the molecule is CNC1CSC1c1ccc(OC)c(C)c1. The minimum Gasteiger partial charge on any atom is -0.496 e. The molecule has 1 aromatic carbocycles. The predicted molar refractivity (Wildman–Crippen MR) is 65.8 cm³/mol. The summed E-state index contributed by atoms with van der Waals surface area (Å²) in [6.07, 6.45) is 0. The van der Waals surface area contributed by atoms with Gasteiger partial charge in [0.15, 0.2) is 0 Å². The molecular formula is C12H17NOS. The lowest BCUT2D eigenvalue weighted by atomic mass is 10.0. The lowest BCUT2D eigenvalue weighted by Gasteiger charge is -2.36. The Kier molecular flexibility index (Phi) is 3.22. The van der Waals surface area contributed by atoms with E-state index in [1.807, 2.05) is 18.8 Å². The van der Waals surface area contributed by atoms with Crippen molar-refractivity contribution in [2.45, 2.75) is 18.2 Å². The van der Waals surface area contributed by atoms with E-state index >= 15 is 0 Å². The molecule has 0 aromatic heterocycles. The lowest BCUT2D eigenvalue weighted by molar-refractivity contribution is 0.411. The fourth-order valence-corrected chi connectivity index (χ4v) is 3.15. The van der Waals surface area contributed by atoms with E-state index in [-0.39, 0.29) is 0 Å². The van der Waals surface area contributed by atoms with Gasteiger partial charge in [0.25, 0.3) is 0 Å². The number of nitrogens with one attached hydrogen (secondary N) is 1. The molecule has 82 valence electrons. The highest BCUT2D eigenvalue weighted by Gasteiger charge is 2.31. The van der Waals surface area contributed by atoms with Gasteiger partial charge in [-0.25, -0.2) is 0 Å². The fraction of sp³-hybridized carbons (Fsp3) is 0.500. The van der Waals surface area contributed by atoms with Crippen molar-refractivity contribution in [3.8, 4) is 5.75 Å². The summed E-state index contributed by atoms with van der Waals surface area (Å²) in [6.45, 7) is 2.10. The van der Waals surface area contributed by atoms with Crippen molar-refractivity contribution in [3.63, 3.8) is 0 Å². The van der Waals surface area contributed by atoms with E-state index in [4.69, 9.17) is 4.74 Å². The molecule has 15 heavy (non-hydrogen) atoms. The number of hydrogen-bond acceptors (Lipinski definition) is 3. The van der Waals surface area contributed by atoms with Crippen LogP contribution in [0.5, 0.6) is 5.75 Å². The van der Waals surface area contributed by atoms with Crippen LogP contribution < -0.4 is 10.1 Å². The Morgan fingerprint density at radius 1 is 1.47 bits per heavy atom. The molecule has 2 unspecified atom stereocenters. The Bertz CT molecular complexity index is 351. The molecule has 1 fully saturated rings. The van der Waals surface area contributed by atoms with E-state index in [9.17, 15) is 0 Å². The normalized spacial score (nSPS) is 24.7. The van der Waals surface area contributed by atoms with Gasteiger partial charge in [-0.1, -0.05) is 12.1 Å². The summed E-state index contributed by atoms with van der Waals surface area (Å²) >= 11 is 2.01. The zero-order chi connectivity index (χ0) is 10.8.